The third-order valence-electron chi connectivity index (χ3n) is 4.31. The number of piperidine rings is 1. The van der Waals surface area contributed by atoms with Crippen LogP contribution in [0.1, 0.15) is 23.2 Å². The Kier molecular flexibility index (Phi) is 5.20. The molecule has 0 aliphatic carbocycles. The number of fused-ring (bicyclic) bond motifs is 1. The molecule has 1 unspecified atom stereocenters. The fraction of sp³-hybridized carbons (Fsp3) is 0.529. The average molecular weight is 333 g/mol. The highest BCUT2D eigenvalue weighted by Crippen LogP contribution is 2.31. The maximum Gasteiger partial charge on any atom is 0.254 e. The van der Waals surface area contributed by atoms with Gasteiger partial charge in [-0.25, -0.2) is 0 Å². The molecule has 1 atom stereocenters. The zero-order valence-electron chi connectivity index (χ0n) is 13.6. The van der Waals surface area contributed by atoms with Crippen molar-refractivity contribution in [2.75, 3.05) is 39.4 Å². The standard InChI is InChI=1S/C17H23N3O4/c18-5-6-19-16(21)13-2-1-7-20(11-13)17(22)12-3-4-14-15(10-12)24-9-8-23-14/h3-4,10,13H,1-2,5-9,11,18H2,(H,19,21). The smallest absolute Gasteiger partial charge is 0.254 e. The number of nitrogens with zero attached hydrogens (tertiary/aromatic N) is 1. The van der Waals surface area contributed by atoms with Gasteiger partial charge in [0.25, 0.3) is 5.91 Å². The minimum Gasteiger partial charge on any atom is -0.486 e. The van der Waals surface area contributed by atoms with Gasteiger partial charge in [-0.15, -0.1) is 0 Å². The van der Waals surface area contributed by atoms with E-state index in [1.165, 1.54) is 0 Å². The van der Waals surface area contributed by atoms with E-state index < -0.39 is 0 Å². The van der Waals surface area contributed by atoms with Crippen LogP contribution in [0, 0.1) is 5.92 Å². The Morgan fingerprint density at radius 2 is 2.04 bits per heavy atom. The summed E-state index contributed by atoms with van der Waals surface area (Å²) in [5, 5.41) is 2.80. The zero-order chi connectivity index (χ0) is 16.9. The number of ether oxygens (including phenoxy) is 2. The Hall–Kier alpha value is -2.28. The van der Waals surface area contributed by atoms with E-state index in [0.717, 1.165) is 12.8 Å². The van der Waals surface area contributed by atoms with Crippen molar-refractivity contribution in [2.24, 2.45) is 11.7 Å². The van der Waals surface area contributed by atoms with Crippen LogP contribution in [0.5, 0.6) is 11.5 Å². The highest BCUT2D eigenvalue weighted by Gasteiger charge is 2.29. The van der Waals surface area contributed by atoms with Crippen LogP contribution in [-0.2, 0) is 4.79 Å². The number of nitrogens with two attached hydrogens (primary N) is 1. The van der Waals surface area contributed by atoms with Crippen molar-refractivity contribution >= 4 is 11.8 Å². The van der Waals surface area contributed by atoms with E-state index in [1.54, 1.807) is 23.1 Å². The van der Waals surface area contributed by atoms with Gasteiger partial charge < -0.3 is 25.4 Å². The van der Waals surface area contributed by atoms with E-state index >= 15 is 0 Å². The van der Waals surface area contributed by atoms with Crippen LogP contribution in [0.15, 0.2) is 18.2 Å². The van der Waals surface area contributed by atoms with Crippen LogP contribution in [0.2, 0.25) is 0 Å². The maximum atomic E-state index is 12.7. The van der Waals surface area contributed by atoms with E-state index in [9.17, 15) is 9.59 Å². The van der Waals surface area contributed by atoms with Crippen molar-refractivity contribution < 1.29 is 19.1 Å². The minimum atomic E-state index is -0.175. The summed E-state index contributed by atoms with van der Waals surface area (Å²) in [6.07, 6.45) is 1.61. The Labute approximate surface area is 141 Å². The highest BCUT2D eigenvalue weighted by molar-refractivity contribution is 5.95. The average Bonchev–Trinajstić information content (AvgIpc) is 2.65. The first-order valence-corrected chi connectivity index (χ1v) is 8.35. The van der Waals surface area contributed by atoms with E-state index in [4.69, 9.17) is 15.2 Å². The predicted molar refractivity (Wildman–Crippen MR) is 88.1 cm³/mol. The van der Waals surface area contributed by atoms with Crippen molar-refractivity contribution in [3.05, 3.63) is 23.8 Å². The Bertz CT molecular complexity index is 620. The molecule has 1 aromatic carbocycles. The molecule has 2 aliphatic rings. The first-order chi connectivity index (χ1) is 11.7. The summed E-state index contributed by atoms with van der Waals surface area (Å²) in [6, 6.07) is 5.22. The van der Waals surface area contributed by atoms with Gasteiger partial charge in [0.1, 0.15) is 13.2 Å². The molecule has 1 aromatic rings. The SMILES string of the molecule is NCCNC(=O)C1CCCN(C(=O)c2ccc3c(c2)OCCO3)C1. The summed E-state index contributed by atoms with van der Waals surface area (Å²) in [4.78, 5) is 26.6. The molecule has 2 amide bonds. The number of nitrogens with one attached hydrogen (secondary N) is 1. The van der Waals surface area contributed by atoms with Crippen LogP contribution in [0.4, 0.5) is 0 Å². The Morgan fingerprint density at radius 1 is 1.25 bits per heavy atom. The van der Waals surface area contributed by atoms with Gasteiger partial charge in [-0.05, 0) is 31.0 Å². The number of benzene rings is 1. The number of amides is 2. The molecular formula is C17H23N3O4. The lowest BCUT2D eigenvalue weighted by Gasteiger charge is -2.32. The van der Waals surface area contributed by atoms with Crippen LogP contribution in [0.3, 0.4) is 0 Å². The molecule has 1 fully saturated rings. The van der Waals surface area contributed by atoms with Crippen molar-refractivity contribution in [1.29, 1.82) is 0 Å². The van der Waals surface area contributed by atoms with Crippen molar-refractivity contribution in [2.45, 2.75) is 12.8 Å². The number of rotatable bonds is 4. The highest BCUT2D eigenvalue weighted by atomic mass is 16.6. The molecule has 2 heterocycles. The van der Waals surface area contributed by atoms with Crippen molar-refractivity contribution in [3.63, 3.8) is 0 Å². The van der Waals surface area contributed by atoms with E-state index in [1.807, 2.05) is 0 Å². The second-order valence-corrected chi connectivity index (χ2v) is 6.03. The molecule has 3 N–H and O–H groups in total. The van der Waals surface area contributed by atoms with Gasteiger partial charge in [-0.2, -0.15) is 0 Å². The molecule has 0 radical (unpaired) electrons. The number of likely N-dealkylation sites (tertiary alicyclic amines) is 1. The molecule has 0 spiro atoms. The van der Waals surface area contributed by atoms with Gasteiger partial charge in [0.05, 0.1) is 5.92 Å². The van der Waals surface area contributed by atoms with Crippen molar-refractivity contribution in [1.82, 2.24) is 10.2 Å². The molecule has 0 saturated carbocycles. The van der Waals surface area contributed by atoms with E-state index in [0.29, 0.717) is 56.5 Å². The fourth-order valence-corrected chi connectivity index (χ4v) is 3.07. The number of hydrogen-bond acceptors (Lipinski definition) is 5. The molecule has 0 aromatic heterocycles. The monoisotopic (exact) mass is 333 g/mol. The summed E-state index contributed by atoms with van der Waals surface area (Å²) >= 11 is 0. The quantitative estimate of drug-likeness (QED) is 0.831. The van der Waals surface area contributed by atoms with E-state index in [2.05, 4.69) is 5.32 Å². The van der Waals surface area contributed by atoms with Gasteiger partial charge >= 0.3 is 0 Å². The summed E-state index contributed by atoms with van der Waals surface area (Å²) in [7, 11) is 0. The lowest BCUT2D eigenvalue weighted by Crippen LogP contribution is -2.46. The largest absolute Gasteiger partial charge is 0.486 e. The molecule has 1 saturated heterocycles. The van der Waals surface area contributed by atoms with Crippen LogP contribution < -0.4 is 20.5 Å². The van der Waals surface area contributed by atoms with Gasteiger partial charge in [0.15, 0.2) is 11.5 Å². The number of hydrogen-bond donors (Lipinski definition) is 2. The zero-order valence-corrected chi connectivity index (χ0v) is 13.6. The summed E-state index contributed by atoms with van der Waals surface area (Å²) in [5.74, 6) is 0.978. The lowest BCUT2D eigenvalue weighted by atomic mass is 9.96. The van der Waals surface area contributed by atoms with Gasteiger partial charge in [-0.3, -0.25) is 9.59 Å². The fourth-order valence-electron chi connectivity index (χ4n) is 3.07. The van der Waals surface area contributed by atoms with E-state index in [-0.39, 0.29) is 17.7 Å². The number of carbonyl (C=O) groups excluding carboxylic acids is 2. The van der Waals surface area contributed by atoms with Crippen LogP contribution >= 0.6 is 0 Å². The third kappa shape index (κ3) is 3.62. The molecule has 3 rings (SSSR count). The predicted octanol–water partition coefficient (Wildman–Crippen LogP) is 0.385. The van der Waals surface area contributed by atoms with Crippen molar-refractivity contribution in [3.8, 4) is 11.5 Å². The second kappa shape index (κ2) is 7.53. The third-order valence-corrected chi connectivity index (χ3v) is 4.31. The van der Waals surface area contributed by atoms with Gasteiger partial charge in [0, 0.05) is 31.7 Å². The molecule has 7 nitrogen and oxygen atoms in total. The minimum absolute atomic E-state index is 0.0277. The molecule has 130 valence electrons. The molecule has 2 aliphatic heterocycles. The Morgan fingerprint density at radius 3 is 2.83 bits per heavy atom. The summed E-state index contributed by atoms with van der Waals surface area (Å²) < 4.78 is 11.0. The normalized spacial score (nSPS) is 19.7. The van der Waals surface area contributed by atoms with Crippen LogP contribution in [-0.4, -0.2) is 56.1 Å². The van der Waals surface area contributed by atoms with Gasteiger partial charge in [0.2, 0.25) is 5.91 Å². The first kappa shape index (κ1) is 16.6. The first-order valence-electron chi connectivity index (χ1n) is 8.35. The summed E-state index contributed by atoms with van der Waals surface area (Å²) in [6.45, 7) is 2.98. The van der Waals surface area contributed by atoms with Gasteiger partial charge in [-0.1, -0.05) is 0 Å². The topological polar surface area (TPSA) is 93.9 Å². The summed E-state index contributed by atoms with van der Waals surface area (Å²) in [5.41, 5.74) is 5.97. The molecular weight excluding hydrogens is 310 g/mol. The number of carbonyl (C=O) groups is 2. The molecule has 0 bridgehead atoms. The lowest BCUT2D eigenvalue weighted by molar-refractivity contribution is -0.126. The Balaban J connectivity index is 1.67. The maximum absolute atomic E-state index is 12.7. The second-order valence-electron chi connectivity index (χ2n) is 6.03. The van der Waals surface area contributed by atoms with Crippen LogP contribution in [0.25, 0.3) is 0 Å². The molecule has 7 heteroatoms. The molecule has 24 heavy (non-hydrogen) atoms.